The molecular weight excluding hydrogens is 676 g/mol. The van der Waals surface area contributed by atoms with E-state index in [0.29, 0.717) is 30.6 Å². The number of aliphatic hydroxyl groups is 1. The fraction of sp³-hybridized carbons (Fsp3) is 0.600. The maximum absolute atomic E-state index is 13.7. The molecule has 1 rings (SSSR count). The van der Waals surface area contributed by atoms with E-state index >= 15 is 0 Å². The topological polar surface area (TPSA) is 251 Å². The number of benzene rings is 1. The lowest BCUT2D eigenvalue weighted by Gasteiger charge is -2.27. The zero-order valence-corrected chi connectivity index (χ0v) is 31.0. The average molecular weight is 733 g/mol. The van der Waals surface area contributed by atoms with E-state index in [1.165, 1.54) is 0 Å². The molecule has 1 aromatic carbocycles. The predicted molar refractivity (Wildman–Crippen MR) is 194 cm³/mol. The molecule has 10 N–H and O–H groups in total. The summed E-state index contributed by atoms with van der Waals surface area (Å²) in [6.45, 7) is 8.96. The molecule has 0 saturated carbocycles. The minimum atomic E-state index is -1.13. The first-order valence-corrected chi connectivity index (χ1v) is 17.2. The molecule has 0 aromatic heterocycles. The number of rotatable bonds is 21. The molecule has 3 atom stereocenters. The number of urea groups is 1. The summed E-state index contributed by atoms with van der Waals surface area (Å²) in [7, 11) is 1.75. The van der Waals surface area contributed by atoms with Crippen LogP contribution in [0.25, 0.3) is 0 Å². The lowest BCUT2D eigenvalue weighted by Crippen LogP contribution is -2.57. The van der Waals surface area contributed by atoms with Crippen LogP contribution in [0.2, 0.25) is 0 Å². The molecule has 0 aliphatic carbocycles. The molecule has 0 unspecified atom stereocenters. The Hall–Kier alpha value is -5.08. The number of ether oxygens (including phenoxy) is 2. The van der Waals surface area contributed by atoms with Gasteiger partial charge in [-0.05, 0) is 89.1 Å². The van der Waals surface area contributed by atoms with Crippen LogP contribution in [0.5, 0.6) is 0 Å². The van der Waals surface area contributed by atoms with Crippen LogP contribution < -0.4 is 43.0 Å². The van der Waals surface area contributed by atoms with Crippen molar-refractivity contribution in [2.24, 2.45) is 11.7 Å². The molecule has 17 nitrogen and oxygen atoms in total. The zero-order valence-electron chi connectivity index (χ0n) is 31.0. The van der Waals surface area contributed by atoms with Gasteiger partial charge in [0.2, 0.25) is 17.7 Å². The number of hydrogen-bond acceptors (Lipinski definition) is 10. The van der Waals surface area contributed by atoms with Gasteiger partial charge in [-0.15, -0.1) is 6.42 Å². The monoisotopic (exact) mass is 732 g/mol. The second-order valence-electron chi connectivity index (χ2n) is 13.3. The average Bonchev–Trinajstić information content (AvgIpc) is 3.05. The van der Waals surface area contributed by atoms with Gasteiger partial charge in [-0.3, -0.25) is 14.4 Å². The summed E-state index contributed by atoms with van der Waals surface area (Å²) in [6.07, 6.45) is 5.01. The first-order valence-electron chi connectivity index (χ1n) is 17.2. The minimum absolute atomic E-state index is 0.108. The van der Waals surface area contributed by atoms with Crippen molar-refractivity contribution in [3.63, 3.8) is 0 Å². The van der Waals surface area contributed by atoms with Gasteiger partial charge in [-0.25, -0.2) is 14.4 Å². The number of anilines is 1. The Kier molecular flexibility index (Phi) is 20.2. The summed E-state index contributed by atoms with van der Waals surface area (Å²) in [4.78, 5) is 76.2. The van der Waals surface area contributed by atoms with Crippen LogP contribution in [0.15, 0.2) is 18.2 Å². The van der Waals surface area contributed by atoms with Gasteiger partial charge in [-0.2, -0.15) is 0 Å². The highest BCUT2D eigenvalue weighted by Crippen LogP contribution is 2.17. The maximum Gasteiger partial charge on any atom is 0.408 e. The van der Waals surface area contributed by atoms with Gasteiger partial charge >= 0.3 is 18.2 Å². The third kappa shape index (κ3) is 18.2. The molecule has 1 aromatic rings. The van der Waals surface area contributed by atoms with Crippen LogP contribution in [-0.4, -0.2) is 91.5 Å². The number of hydrogen-bond donors (Lipinski definition) is 9. The van der Waals surface area contributed by atoms with E-state index in [4.69, 9.17) is 21.6 Å². The molecule has 0 spiro atoms. The fourth-order valence-electron chi connectivity index (χ4n) is 4.82. The van der Waals surface area contributed by atoms with Crippen molar-refractivity contribution in [2.45, 2.75) is 104 Å². The highest BCUT2D eigenvalue weighted by molar-refractivity contribution is 5.99. The number of carbonyl (C=O) groups excluding carboxylic acids is 6. The molecule has 52 heavy (non-hydrogen) atoms. The van der Waals surface area contributed by atoms with Crippen LogP contribution >= 0.6 is 0 Å². The quantitative estimate of drug-likeness (QED) is 0.0648. The number of terminal acetylenes is 1. The highest BCUT2D eigenvalue weighted by Gasteiger charge is 2.31. The van der Waals surface area contributed by atoms with E-state index in [1.54, 1.807) is 59.9 Å². The Labute approximate surface area is 305 Å². The smallest absolute Gasteiger partial charge is 0.408 e. The Morgan fingerprint density at radius 3 is 2.12 bits per heavy atom. The van der Waals surface area contributed by atoms with E-state index in [9.17, 15) is 33.9 Å². The van der Waals surface area contributed by atoms with E-state index < -0.39 is 65.6 Å². The SMILES string of the molecule is C#CCOC(=O)N[C@@H](CCCCNC(=O)OC(C)(C)C)C(=O)N[C@H](C(=O)N[C@@H](CCCNC(N)=O)C(=O)Nc1ccc(CO)c(CNC)c1)C(C)C. The number of aliphatic hydroxyl groups excluding tert-OH is 1. The Balaban J connectivity index is 3.11. The number of unbranched alkanes of at least 4 members (excludes halogenated alkanes) is 1. The van der Waals surface area contributed by atoms with E-state index in [1.807, 2.05) is 0 Å². The van der Waals surface area contributed by atoms with Gasteiger partial charge in [0.05, 0.1) is 6.61 Å². The Morgan fingerprint density at radius 2 is 1.52 bits per heavy atom. The Morgan fingerprint density at radius 1 is 0.865 bits per heavy atom. The van der Waals surface area contributed by atoms with Crippen molar-refractivity contribution in [1.82, 2.24) is 31.9 Å². The summed E-state index contributed by atoms with van der Waals surface area (Å²) >= 11 is 0. The van der Waals surface area contributed by atoms with E-state index in [2.05, 4.69) is 43.1 Å². The molecule has 17 heteroatoms. The molecule has 0 saturated heterocycles. The van der Waals surface area contributed by atoms with Gasteiger partial charge < -0.3 is 57.5 Å². The van der Waals surface area contributed by atoms with Crippen LogP contribution in [0, 0.1) is 18.3 Å². The van der Waals surface area contributed by atoms with Crippen LogP contribution in [0.3, 0.4) is 0 Å². The summed E-state index contributed by atoms with van der Waals surface area (Å²) in [5, 5.41) is 28.4. The standard InChI is InChI=1S/C35H56N8O9/c1-8-18-51-34(50)42-27(12-9-10-16-39-33(49)52-35(4,5)6)30(46)43-28(22(2)3)31(47)41-26(13-11-17-38-32(36)48)29(45)40-25-15-14-23(21-44)24(19-25)20-37-7/h1,14-15,19,22,26-28,37,44H,9-13,16-18,20-21H2,2-7H3,(H,39,49)(H,40,45)(H,41,47)(H,42,50)(H,43,46)(H3,36,38,48)/t26-,27-,28-/m0/s1. The maximum atomic E-state index is 13.7. The van der Waals surface area contributed by atoms with Gasteiger partial charge in [0.1, 0.15) is 23.7 Å². The van der Waals surface area contributed by atoms with Crippen molar-refractivity contribution in [2.75, 3.05) is 32.1 Å². The van der Waals surface area contributed by atoms with Gasteiger partial charge in [-0.1, -0.05) is 25.8 Å². The van der Waals surface area contributed by atoms with Crippen molar-refractivity contribution in [3.8, 4) is 12.3 Å². The van der Waals surface area contributed by atoms with Crippen molar-refractivity contribution >= 4 is 41.6 Å². The summed E-state index contributed by atoms with van der Waals surface area (Å²) in [5.74, 6) is -0.176. The summed E-state index contributed by atoms with van der Waals surface area (Å²) in [6, 6.07) is 0.935. The second-order valence-corrected chi connectivity index (χ2v) is 13.3. The number of alkyl carbamates (subject to hydrolysis) is 2. The number of amides is 7. The number of carbonyl (C=O) groups is 6. The lowest BCUT2D eigenvalue weighted by atomic mass is 10.0. The number of nitrogens with two attached hydrogens (primary N) is 1. The largest absolute Gasteiger partial charge is 0.444 e. The van der Waals surface area contributed by atoms with Gasteiger partial charge in [0.15, 0.2) is 6.61 Å². The minimum Gasteiger partial charge on any atom is -0.444 e. The van der Waals surface area contributed by atoms with Crippen molar-refractivity contribution in [1.29, 1.82) is 0 Å². The molecule has 0 bridgehead atoms. The molecule has 0 aliphatic rings. The summed E-state index contributed by atoms with van der Waals surface area (Å²) in [5.41, 5.74) is 6.38. The highest BCUT2D eigenvalue weighted by atomic mass is 16.6. The molecule has 0 heterocycles. The van der Waals surface area contributed by atoms with Gasteiger partial charge in [0.25, 0.3) is 0 Å². The van der Waals surface area contributed by atoms with E-state index in [-0.39, 0.29) is 45.6 Å². The van der Waals surface area contributed by atoms with E-state index in [0.717, 1.165) is 5.56 Å². The van der Waals surface area contributed by atoms with Crippen molar-refractivity contribution in [3.05, 3.63) is 29.3 Å². The van der Waals surface area contributed by atoms with Crippen LogP contribution in [-0.2, 0) is 37.0 Å². The zero-order chi connectivity index (χ0) is 39.3. The molecule has 290 valence electrons. The van der Waals surface area contributed by atoms with Gasteiger partial charge in [0, 0.05) is 25.3 Å². The first-order chi connectivity index (χ1) is 24.5. The first kappa shape index (κ1) is 44.9. The molecular formula is C35H56N8O9. The normalized spacial score (nSPS) is 12.7. The molecule has 0 aliphatic heterocycles. The molecule has 0 radical (unpaired) electrons. The van der Waals surface area contributed by atoms with Crippen molar-refractivity contribution < 1.29 is 43.3 Å². The molecule has 0 fully saturated rings. The van der Waals surface area contributed by atoms with Crippen LogP contribution in [0.4, 0.5) is 20.1 Å². The molecule has 7 amide bonds. The number of nitrogens with one attached hydrogen (secondary N) is 7. The third-order valence-electron chi connectivity index (χ3n) is 7.34. The Bertz CT molecular complexity index is 1390. The van der Waals surface area contributed by atoms with Crippen LogP contribution in [0.1, 0.15) is 77.8 Å². The fourth-order valence-corrected chi connectivity index (χ4v) is 4.82. The second kappa shape index (κ2) is 23.4. The predicted octanol–water partition coefficient (Wildman–Crippen LogP) is 1.33. The third-order valence-corrected chi connectivity index (χ3v) is 7.34. The number of primary amides is 1. The lowest BCUT2D eigenvalue weighted by molar-refractivity contribution is -0.132. The summed E-state index contributed by atoms with van der Waals surface area (Å²) < 4.78 is 10.1.